The maximum absolute atomic E-state index is 11.7. The van der Waals surface area contributed by atoms with Crippen molar-refractivity contribution in [2.75, 3.05) is 19.6 Å². The van der Waals surface area contributed by atoms with Gasteiger partial charge in [0.15, 0.2) is 0 Å². The van der Waals surface area contributed by atoms with Crippen molar-refractivity contribution in [1.82, 2.24) is 15.5 Å². The second-order valence-electron chi connectivity index (χ2n) is 4.34. The average Bonchev–Trinajstić information content (AvgIpc) is 2.96. The van der Waals surface area contributed by atoms with E-state index in [9.17, 15) is 4.79 Å². The Labute approximate surface area is 120 Å². The van der Waals surface area contributed by atoms with Crippen LogP contribution in [0.1, 0.15) is 18.2 Å². The number of thiophene rings is 1. The topological polar surface area (TPSA) is 44.4 Å². The minimum absolute atomic E-state index is 0.0547. The number of nitrogens with one attached hydrogen (secondary N) is 2. The maximum atomic E-state index is 11.7. The summed E-state index contributed by atoms with van der Waals surface area (Å²) in [5.74, 6) is 0. The lowest BCUT2D eigenvalue weighted by Crippen LogP contribution is -2.40. The standard InChI is InChI=1S/C12H18BrN3OS/c1-2-14-12(17)16-5-3-9(8-16)15-7-11-10(13)4-6-18-11/h4,6,9,15H,2-3,5,7-8H2,1H3,(H,14,17)/t9-/m0/s1. The summed E-state index contributed by atoms with van der Waals surface area (Å²) in [6.45, 7) is 5.14. The lowest BCUT2D eigenvalue weighted by molar-refractivity contribution is 0.208. The van der Waals surface area contributed by atoms with Crippen molar-refractivity contribution in [2.24, 2.45) is 0 Å². The summed E-state index contributed by atoms with van der Waals surface area (Å²) in [6.07, 6.45) is 1.03. The van der Waals surface area contributed by atoms with Crippen molar-refractivity contribution < 1.29 is 4.79 Å². The number of carbonyl (C=O) groups is 1. The molecule has 2 rings (SSSR count). The van der Waals surface area contributed by atoms with Gasteiger partial charge in [0.05, 0.1) is 0 Å². The van der Waals surface area contributed by atoms with E-state index >= 15 is 0 Å². The molecule has 1 saturated heterocycles. The summed E-state index contributed by atoms with van der Waals surface area (Å²) in [5.41, 5.74) is 0. The van der Waals surface area contributed by atoms with Gasteiger partial charge in [-0.15, -0.1) is 11.3 Å². The molecule has 0 saturated carbocycles. The summed E-state index contributed by atoms with van der Waals surface area (Å²) in [6, 6.07) is 2.53. The number of carbonyl (C=O) groups excluding carboxylic acids is 1. The molecule has 0 aliphatic carbocycles. The predicted molar refractivity (Wildman–Crippen MR) is 77.9 cm³/mol. The molecule has 1 aliphatic rings. The lowest BCUT2D eigenvalue weighted by Gasteiger charge is -2.17. The normalized spacial score (nSPS) is 19.2. The molecule has 1 atom stereocenters. The van der Waals surface area contributed by atoms with Gasteiger partial charge in [-0.1, -0.05) is 0 Å². The van der Waals surface area contributed by atoms with Crippen LogP contribution in [-0.2, 0) is 6.54 Å². The molecule has 0 bridgehead atoms. The Morgan fingerprint density at radius 2 is 2.50 bits per heavy atom. The number of hydrogen-bond acceptors (Lipinski definition) is 3. The molecular weight excluding hydrogens is 314 g/mol. The van der Waals surface area contributed by atoms with E-state index in [1.165, 1.54) is 9.35 Å². The Bertz CT molecular complexity index is 410. The first-order valence-electron chi connectivity index (χ1n) is 6.18. The second kappa shape index (κ2) is 6.54. The van der Waals surface area contributed by atoms with Crippen LogP contribution in [0.25, 0.3) is 0 Å². The smallest absolute Gasteiger partial charge is 0.317 e. The molecule has 18 heavy (non-hydrogen) atoms. The Morgan fingerprint density at radius 1 is 1.67 bits per heavy atom. The first kappa shape index (κ1) is 13.8. The maximum Gasteiger partial charge on any atom is 0.317 e. The van der Waals surface area contributed by atoms with Crippen molar-refractivity contribution in [2.45, 2.75) is 25.9 Å². The molecule has 1 aliphatic heterocycles. The van der Waals surface area contributed by atoms with E-state index < -0.39 is 0 Å². The number of halogens is 1. The molecule has 100 valence electrons. The first-order valence-corrected chi connectivity index (χ1v) is 7.86. The Kier molecular flexibility index (Phi) is 5.03. The third kappa shape index (κ3) is 3.46. The SMILES string of the molecule is CCNC(=O)N1CC[C@H](NCc2sccc2Br)C1. The zero-order valence-electron chi connectivity index (χ0n) is 10.4. The third-order valence-electron chi connectivity index (χ3n) is 3.05. The number of likely N-dealkylation sites (tertiary alicyclic amines) is 1. The van der Waals surface area contributed by atoms with E-state index in [-0.39, 0.29) is 6.03 Å². The highest BCUT2D eigenvalue weighted by molar-refractivity contribution is 9.10. The Morgan fingerprint density at radius 3 is 3.17 bits per heavy atom. The van der Waals surface area contributed by atoms with Crippen LogP contribution < -0.4 is 10.6 Å². The van der Waals surface area contributed by atoms with Crippen molar-refractivity contribution in [1.29, 1.82) is 0 Å². The molecule has 0 radical (unpaired) electrons. The van der Waals surface area contributed by atoms with Crippen molar-refractivity contribution in [3.05, 3.63) is 20.8 Å². The molecule has 0 aromatic carbocycles. The van der Waals surface area contributed by atoms with Gasteiger partial charge in [0.25, 0.3) is 0 Å². The minimum atomic E-state index is 0.0547. The summed E-state index contributed by atoms with van der Waals surface area (Å²) in [5, 5.41) is 8.43. The fourth-order valence-electron chi connectivity index (χ4n) is 2.06. The van der Waals surface area contributed by atoms with Gasteiger partial charge in [-0.2, -0.15) is 0 Å². The average molecular weight is 332 g/mol. The summed E-state index contributed by atoms with van der Waals surface area (Å²) < 4.78 is 1.17. The first-order chi connectivity index (χ1) is 8.70. The molecule has 1 aromatic rings. The van der Waals surface area contributed by atoms with Crippen molar-refractivity contribution in [3.8, 4) is 0 Å². The van der Waals surface area contributed by atoms with Crippen LogP contribution in [0.4, 0.5) is 4.79 Å². The van der Waals surface area contributed by atoms with Crippen molar-refractivity contribution >= 4 is 33.3 Å². The van der Waals surface area contributed by atoms with Gasteiger partial charge < -0.3 is 15.5 Å². The van der Waals surface area contributed by atoms with Crippen LogP contribution in [0.5, 0.6) is 0 Å². The monoisotopic (exact) mass is 331 g/mol. The quantitative estimate of drug-likeness (QED) is 0.889. The highest BCUT2D eigenvalue weighted by atomic mass is 79.9. The third-order valence-corrected chi connectivity index (χ3v) is 4.97. The number of hydrogen-bond donors (Lipinski definition) is 2. The van der Waals surface area contributed by atoms with Gasteiger partial charge in [-0.3, -0.25) is 0 Å². The molecule has 2 heterocycles. The van der Waals surface area contributed by atoms with Crippen LogP contribution in [0, 0.1) is 0 Å². The number of amides is 2. The Balaban J connectivity index is 1.76. The minimum Gasteiger partial charge on any atom is -0.338 e. The van der Waals surface area contributed by atoms with Gasteiger partial charge in [-0.05, 0) is 40.7 Å². The summed E-state index contributed by atoms with van der Waals surface area (Å²) in [4.78, 5) is 14.9. The molecule has 1 fully saturated rings. The number of nitrogens with zero attached hydrogens (tertiary/aromatic N) is 1. The zero-order chi connectivity index (χ0) is 13.0. The molecule has 4 nitrogen and oxygen atoms in total. The summed E-state index contributed by atoms with van der Waals surface area (Å²) in [7, 11) is 0. The molecule has 2 N–H and O–H groups in total. The van der Waals surface area contributed by atoms with Crippen LogP contribution in [0.15, 0.2) is 15.9 Å². The van der Waals surface area contributed by atoms with Gasteiger partial charge in [-0.25, -0.2) is 4.79 Å². The van der Waals surface area contributed by atoms with Crippen LogP contribution in [0.2, 0.25) is 0 Å². The molecule has 1 aromatic heterocycles. The number of urea groups is 1. The van der Waals surface area contributed by atoms with Gasteiger partial charge in [0.2, 0.25) is 0 Å². The van der Waals surface area contributed by atoms with Crippen LogP contribution in [-0.4, -0.2) is 36.6 Å². The van der Waals surface area contributed by atoms with Gasteiger partial charge in [0.1, 0.15) is 0 Å². The largest absolute Gasteiger partial charge is 0.338 e. The molecular formula is C12H18BrN3OS. The van der Waals surface area contributed by atoms with Crippen LogP contribution in [0.3, 0.4) is 0 Å². The van der Waals surface area contributed by atoms with Gasteiger partial charge >= 0.3 is 6.03 Å². The predicted octanol–water partition coefficient (Wildman–Crippen LogP) is 2.40. The van der Waals surface area contributed by atoms with Gasteiger partial charge in [0, 0.05) is 41.6 Å². The van der Waals surface area contributed by atoms with E-state index in [1.54, 1.807) is 11.3 Å². The van der Waals surface area contributed by atoms with E-state index in [0.29, 0.717) is 12.6 Å². The highest BCUT2D eigenvalue weighted by Gasteiger charge is 2.25. The fourth-order valence-corrected chi connectivity index (χ4v) is 3.51. The van der Waals surface area contributed by atoms with Crippen LogP contribution >= 0.6 is 27.3 Å². The van der Waals surface area contributed by atoms with E-state index in [2.05, 4.69) is 38.0 Å². The van der Waals surface area contributed by atoms with E-state index in [4.69, 9.17) is 0 Å². The molecule has 2 amide bonds. The fraction of sp³-hybridized carbons (Fsp3) is 0.583. The van der Waals surface area contributed by atoms with E-state index in [0.717, 1.165) is 26.1 Å². The molecule has 0 unspecified atom stereocenters. The molecule has 0 spiro atoms. The number of rotatable bonds is 4. The second-order valence-corrected chi connectivity index (χ2v) is 6.19. The summed E-state index contributed by atoms with van der Waals surface area (Å²) >= 11 is 5.27. The molecule has 6 heteroatoms. The zero-order valence-corrected chi connectivity index (χ0v) is 12.8. The van der Waals surface area contributed by atoms with E-state index in [1.807, 2.05) is 11.8 Å². The Hall–Kier alpha value is -0.590. The lowest BCUT2D eigenvalue weighted by atomic mass is 10.2. The highest BCUT2D eigenvalue weighted by Crippen LogP contribution is 2.22. The van der Waals surface area contributed by atoms with Crippen molar-refractivity contribution in [3.63, 3.8) is 0 Å².